The lowest BCUT2D eigenvalue weighted by molar-refractivity contribution is -0.145. The number of halogens is 9. The first-order valence-corrected chi connectivity index (χ1v) is 14.4. The molecule has 5 rings (SSSR count). The maximum Gasteiger partial charge on any atom is 0.451 e. The highest BCUT2D eigenvalue weighted by atomic mass is 19.4. The Morgan fingerprint density at radius 1 is 0.880 bits per heavy atom. The zero-order chi connectivity index (χ0) is 36.9. The number of carboxylic acids is 1. The molecule has 0 aliphatic carbocycles. The Bertz CT molecular complexity index is 1940. The Balaban J connectivity index is 1.59. The van der Waals surface area contributed by atoms with Gasteiger partial charge < -0.3 is 14.6 Å². The van der Waals surface area contributed by atoms with Crippen molar-refractivity contribution in [3.63, 3.8) is 0 Å². The normalized spacial score (nSPS) is 16.8. The molecule has 50 heavy (non-hydrogen) atoms. The number of benzene rings is 3. The van der Waals surface area contributed by atoms with E-state index < -0.39 is 77.5 Å². The summed E-state index contributed by atoms with van der Waals surface area (Å²) >= 11 is 0. The molecule has 1 fully saturated rings. The number of carbonyl (C=O) groups excluding carboxylic acids is 1. The lowest BCUT2D eigenvalue weighted by Gasteiger charge is -2.23. The molecule has 0 saturated carbocycles. The number of alkyl halides is 9. The van der Waals surface area contributed by atoms with Gasteiger partial charge in [0.1, 0.15) is 11.9 Å². The average Bonchev–Trinajstić information content (AvgIpc) is 3.31. The number of rotatable bonds is 7. The summed E-state index contributed by atoms with van der Waals surface area (Å²) in [7, 11) is 1.28. The van der Waals surface area contributed by atoms with Crippen LogP contribution in [0.15, 0.2) is 60.8 Å². The van der Waals surface area contributed by atoms with E-state index >= 15 is 0 Å². The number of hydrogen-bond donors (Lipinski definition) is 1. The minimum Gasteiger partial charge on any atom is -0.496 e. The summed E-state index contributed by atoms with van der Waals surface area (Å²) in [6, 6.07) is 8.40. The van der Waals surface area contributed by atoms with Crippen molar-refractivity contribution in [2.75, 3.05) is 7.11 Å². The van der Waals surface area contributed by atoms with Gasteiger partial charge in [0.2, 0.25) is 5.82 Å². The smallest absolute Gasteiger partial charge is 0.451 e. The molecule has 1 aliphatic rings. The number of carboxylic acid groups (broad SMARTS) is 1. The van der Waals surface area contributed by atoms with Crippen LogP contribution in [-0.4, -0.2) is 45.2 Å². The summed E-state index contributed by atoms with van der Waals surface area (Å²) in [6.07, 6.45) is -17.5. The van der Waals surface area contributed by atoms with Crippen LogP contribution in [0.4, 0.5) is 44.3 Å². The minimum absolute atomic E-state index is 0.0168. The van der Waals surface area contributed by atoms with Gasteiger partial charge in [0, 0.05) is 17.3 Å². The van der Waals surface area contributed by atoms with E-state index in [1.54, 1.807) is 13.0 Å². The zero-order valence-corrected chi connectivity index (χ0v) is 26.0. The first-order chi connectivity index (χ1) is 23.2. The number of ether oxygens (including phenoxy) is 2. The molecule has 17 heteroatoms. The highest BCUT2D eigenvalue weighted by Crippen LogP contribution is 2.43. The van der Waals surface area contributed by atoms with E-state index in [-0.39, 0.29) is 28.5 Å². The third-order valence-electron chi connectivity index (χ3n) is 8.05. The number of nitrogens with zero attached hydrogens (tertiary/aromatic N) is 3. The molecule has 1 saturated heterocycles. The zero-order valence-electron chi connectivity index (χ0n) is 26.0. The monoisotopic (exact) mass is 713 g/mol. The van der Waals surface area contributed by atoms with Crippen molar-refractivity contribution in [2.45, 2.75) is 51.1 Å². The number of hydrogen-bond acceptors (Lipinski definition) is 6. The SMILES string of the molecule is COc1ccc(-c2ccc(C(=O)O)cc2C)cc1-c1cnc(C(F)(F)F)nc1CN1C(=O)O[C@H](c2cc(C(F)(F)F)cc(C(F)(F)F)c2)[C@@H]1C. The van der Waals surface area contributed by atoms with Crippen molar-refractivity contribution in [3.05, 3.63) is 100 Å². The average molecular weight is 714 g/mol. The Labute approximate surface area is 277 Å². The van der Waals surface area contributed by atoms with Crippen LogP contribution in [0, 0.1) is 6.92 Å². The molecular weight excluding hydrogens is 689 g/mol. The van der Waals surface area contributed by atoms with Crippen molar-refractivity contribution in [1.82, 2.24) is 14.9 Å². The molecule has 2 heterocycles. The number of cyclic esters (lactones) is 1. The van der Waals surface area contributed by atoms with Gasteiger partial charge in [-0.2, -0.15) is 39.5 Å². The molecule has 0 bridgehead atoms. The van der Waals surface area contributed by atoms with E-state index in [4.69, 9.17) is 9.47 Å². The largest absolute Gasteiger partial charge is 0.496 e. The molecule has 0 unspecified atom stereocenters. The third-order valence-corrected chi connectivity index (χ3v) is 8.05. The maximum atomic E-state index is 13.8. The lowest BCUT2D eigenvalue weighted by atomic mass is 9.94. The van der Waals surface area contributed by atoms with E-state index in [2.05, 4.69) is 9.97 Å². The molecule has 1 N–H and O–H groups in total. The minimum atomic E-state index is -5.18. The fraction of sp³-hybridized carbons (Fsp3) is 0.273. The van der Waals surface area contributed by atoms with Crippen molar-refractivity contribution in [2.24, 2.45) is 0 Å². The predicted molar refractivity (Wildman–Crippen MR) is 157 cm³/mol. The first kappa shape index (κ1) is 35.9. The summed E-state index contributed by atoms with van der Waals surface area (Å²) < 4.78 is 133. The van der Waals surface area contributed by atoms with Crippen LogP contribution in [0.5, 0.6) is 5.75 Å². The highest BCUT2D eigenvalue weighted by molar-refractivity contribution is 5.89. The molecule has 3 aromatic carbocycles. The molecule has 0 spiro atoms. The molecule has 1 amide bonds. The Morgan fingerprint density at radius 3 is 2.06 bits per heavy atom. The highest BCUT2D eigenvalue weighted by Gasteiger charge is 2.44. The van der Waals surface area contributed by atoms with Crippen molar-refractivity contribution in [3.8, 4) is 28.0 Å². The van der Waals surface area contributed by atoms with Crippen molar-refractivity contribution < 1.29 is 63.7 Å². The fourth-order valence-electron chi connectivity index (χ4n) is 5.57. The third kappa shape index (κ3) is 7.16. The van der Waals surface area contributed by atoms with Crippen LogP contribution in [0.2, 0.25) is 0 Å². The van der Waals surface area contributed by atoms with Gasteiger partial charge >= 0.3 is 30.6 Å². The summed E-state index contributed by atoms with van der Waals surface area (Å²) in [5.74, 6) is -2.61. The lowest BCUT2D eigenvalue weighted by Crippen LogP contribution is -2.32. The molecule has 4 aromatic rings. The summed E-state index contributed by atoms with van der Waals surface area (Å²) in [5, 5.41) is 9.33. The Kier molecular flexibility index (Phi) is 9.23. The van der Waals surface area contributed by atoms with Gasteiger partial charge in [-0.3, -0.25) is 4.90 Å². The van der Waals surface area contributed by atoms with Gasteiger partial charge in [-0.15, -0.1) is 0 Å². The topological polar surface area (TPSA) is 102 Å². The second-order valence-corrected chi connectivity index (χ2v) is 11.3. The molecule has 8 nitrogen and oxygen atoms in total. The van der Waals surface area contributed by atoms with E-state index in [0.29, 0.717) is 28.8 Å². The van der Waals surface area contributed by atoms with Gasteiger partial charge in [-0.25, -0.2) is 19.6 Å². The molecule has 1 aliphatic heterocycles. The Hall–Kier alpha value is -5.35. The number of aryl methyl sites for hydroxylation is 1. The van der Waals surface area contributed by atoms with Crippen molar-refractivity contribution in [1.29, 1.82) is 0 Å². The molecular formula is C33H24F9N3O5. The summed E-state index contributed by atoms with van der Waals surface area (Å²) in [5.41, 5.74) is -2.60. The summed E-state index contributed by atoms with van der Waals surface area (Å²) in [4.78, 5) is 32.4. The molecule has 264 valence electrons. The quantitative estimate of drug-likeness (QED) is 0.191. The van der Waals surface area contributed by atoms with Crippen LogP contribution in [0.3, 0.4) is 0 Å². The number of methoxy groups -OCH3 is 1. The number of aromatic nitrogens is 2. The van der Waals surface area contributed by atoms with Crippen LogP contribution in [-0.2, 0) is 29.8 Å². The van der Waals surface area contributed by atoms with Crippen LogP contribution in [0.1, 0.15) is 57.2 Å². The number of aromatic carboxylic acids is 1. The maximum absolute atomic E-state index is 13.8. The predicted octanol–water partition coefficient (Wildman–Crippen LogP) is 8.96. The van der Waals surface area contributed by atoms with E-state index in [0.717, 1.165) is 11.1 Å². The summed E-state index contributed by atoms with van der Waals surface area (Å²) in [6.45, 7) is 2.17. The first-order valence-electron chi connectivity index (χ1n) is 14.4. The van der Waals surface area contributed by atoms with E-state index in [1.165, 1.54) is 44.4 Å². The fourth-order valence-corrected chi connectivity index (χ4v) is 5.57. The molecule has 1 aromatic heterocycles. The van der Waals surface area contributed by atoms with Gasteiger partial charge in [-0.1, -0.05) is 12.1 Å². The van der Waals surface area contributed by atoms with E-state index in [9.17, 15) is 54.2 Å². The number of amides is 1. The van der Waals surface area contributed by atoms with Crippen molar-refractivity contribution >= 4 is 12.1 Å². The van der Waals surface area contributed by atoms with Gasteiger partial charge in [0.15, 0.2) is 0 Å². The van der Waals surface area contributed by atoms with Gasteiger partial charge in [0.25, 0.3) is 0 Å². The van der Waals surface area contributed by atoms with Crippen LogP contribution in [0.25, 0.3) is 22.3 Å². The second kappa shape index (κ2) is 12.8. The molecule has 0 radical (unpaired) electrons. The van der Waals surface area contributed by atoms with E-state index in [1.807, 2.05) is 0 Å². The second-order valence-electron chi connectivity index (χ2n) is 11.3. The van der Waals surface area contributed by atoms with Crippen LogP contribution < -0.4 is 4.74 Å². The van der Waals surface area contributed by atoms with Gasteiger partial charge in [-0.05, 0) is 78.6 Å². The standard InChI is InChI=1S/C33H24F9N3O5/c1-15-8-18(28(46)47)4-6-22(15)17-5-7-26(49-3)23(11-17)24-13-43-29(33(40,41)42)44-25(24)14-45-16(2)27(50-30(45)48)19-9-20(31(34,35)36)12-21(10-19)32(37,38)39/h4-13,16,27H,14H2,1-3H3,(H,46,47)/t16-,27-/m0/s1. The van der Waals surface area contributed by atoms with Gasteiger partial charge in [0.05, 0.1) is 42.1 Å². The molecule has 2 atom stereocenters. The Morgan fingerprint density at radius 2 is 1.52 bits per heavy atom. The van der Waals surface area contributed by atoms with Crippen LogP contribution >= 0.6 is 0 Å². The number of carbonyl (C=O) groups is 2.